The minimum absolute atomic E-state index is 0.259. The Labute approximate surface area is 215 Å². The molecule has 5 rings (SSSR count). The maximum Gasteiger partial charge on any atom is 0.335 e. The van der Waals surface area contributed by atoms with Gasteiger partial charge in [0.25, 0.3) is 0 Å². The lowest BCUT2D eigenvalue weighted by molar-refractivity contribution is 0.0697. The van der Waals surface area contributed by atoms with E-state index in [0.29, 0.717) is 18.2 Å². The molecule has 5 heteroatoms. The molecule has 0 radical (unpaired) electrons. The molecule has 0 saturated carbocycles. The lowest BCUT2D eigenvalue weighted by Gasteiger charge is -2.13. The lowest BCUT2D eigenvalue weighted by Crippen LogP contribution is -2.05. The highest BCUT2D eigenvalue weighted by atomic mass is 16.4. The smallest absolute Gasteiger partial charge is 0.335 e. The molecule has 0 atom stereocenters. The molecule has 0 amide bonds. The molecule has 180 valence electrons. The number of aromatic nitrogens is 2. The molecule has 5 nitrogen and oxygen atoms in total. The van der Waals surface area contributed by atoms with Crippen molar-refractivity contribution < 1.29 is 9.90 Å². The van der Waals surface area contributed by atoms with E-state index in [0.717, 1.165) is 44.3 Å². The van der Waals surface area contributed by atoms with Gasteiger partial charge in [-0.2, -0.15) is 0 Å². The third kappa shape index (κ3) is 5.16. The zero-order valence-electron chi connectivity index (χ0n) is 20.2. The number of rotatable bonds is 8. The average molecular weight is 484 g/mol. The predicted octanol–water partition coefficient (Wildman–Crippen LogP) is 7.56. The fourth-order valence-corrected chi connectivity index (χ4v) is 4.10. The first-order chi connectivity index (χ1) is 18.0. The van der Waals surface area contributed by atoms with Crippen LogP contribution in [-0.2, 0) is 6.54 Å². The molecule has 0 aliphatic rings. The van der Waals surface area contributed by atoms with E-state index in [4.69, 9.17) is 15.1 Å². The Hall–Kier alpha value is -5.03. The number of carboxylic acids is 1. The maximum atomic E-state index is 11.2. The standard InChI is InChI=1S/C32H25N3O2/c1-3-21-5-11-24(12-6-21)27-17-18-28-29(19-27)34-30(25-13-7-22(4-2)8-14-25)35-31(28)33-20-23-9-15-26(16-10-23)32(36)37/h3-19H,1-2,20H2,(H,36,37)(H,33,34,35). The number of aromatic carboxylic acids is 1. The molecule has 2 N–H and O–H groups in total. The van der Waals surface area contributed by atoms with E-state index in [-0.39, 0.29) is 5.56 Å². The molecule has 0 spiro atoms. The monoisotopic (exact) mass is 483 g/mol. The van der Waals surface area contributed by atoms with Gasteiger partial charge in [-0.25, -0.2) is 14.8 Å². The Bertz CT molecular complexity index is 1600. The number of hydrogen-bond donors (Lipinski definition) is 2. The third-order valence-electron chi connectivity index (χ3n) is 6.24. The van der Waals surface area contributed by atoms with Crippen LogP contribution in [0.1, 0.15) is 27.0 Å². The van der Waals surface area contributed by atoms with Crippen molar-refractivity contribution in [3.63, 3.8) is 0 Å². The highest BCUT2D eigenvalue weighted by Gasteiger charge is 2.12. The van der Waals surface area contributed by atoms with Crippen LogP contribution in [0, 0.1) is 0 Å². The Morgan fingerprint density at radius 3 is 1.95 bits per heavy atom. The summed E-state index contributed by atoms with van der Waals surface area (Å²) in [6.07, 6.45) is 3.63. The molecule has 0 aliphatic heterocycles. The van der Waals surface area contributed by atoms with Crippen LogP contribution in [0.5, 0.6) is 0 Å². The van der Waals surface area contributed by atoms with E-state index < -0.39 is 5.97 Å². The second-order valence-corrected chi connectivity index (χ2v) is 8.64. The normalized spacial score (nSPS) is 10.7. The molecule has 1 aromatic heterocycles. The molecule has 0 fully saturated rings. The molecule has 0 aliphatic carbocycles. The summed E-state index contributed by atoms with van der Waals surface area (Å²) >= 11 is 0. The van der Waals surface area contributed by atoms with E-state index in [1.54, 1.807) is 30.3 Å². The van der Waals surface area contributed by atoms with Gasteiger partial charge in [0.15, 0.2) is 5.82 Å². The molecular weight excluding hydrogens is 458 g/mol. The Morgan fingerprint density at radius 2 is 1.35 bits per heavy atom. The van der Waals surface area contributed by atoms with Gasteiger partial charge in [0.1, 0.15) is 5.82 Å². The summed E-state index contributed by atoms with van der Waals surface area (Å²) in [5.74, 6) is 0.387. The van der Waals surface area contributed by atoms with Crippen LogP contribution in [0.2, 0.25) is 0 Å². The third-order valence-corrected chi connectivity index (χ3v) is 6.24. The minimum Gasteiger partial charge on any atom is -0.478 e. The van der Waals surface area contributed by atoms with E-state index >= 15 is 0 Å². The minimum atomic E-state index is -0.941. The van der Waals surface area contributed by atoms with Gasteiger partial charge in [0.05, 0.1) is 11.1 Å². The zero-order chi connectivity index (χ0) is 25.8. The molecule has 0 unspecified atom stereocenters. The highest BCUT2D eigenvalue weighted by Crippen LogP contribution is 2.30. The summed E-state index contributed by atoms with van der Waals surface area (Å²) < 4.78 is 0. The Kier molecular flexibility index (Phi) is 6.60. The molecule has 0 bridgehead atoms. The van der Waals surface area contributed by atoms with Crippen molar-refractivity contribution in [2.75, 3.05) is 5.32 Å². The van der Waals surface area contributed by atoms with Gasteiger partial charge in [0.2, 0.25) is 0 Å². The number of carbonyl (C=O) groups is 1. The number of anilines is 1. The van der Waals surface area contributed by atoms with Crippen molar-refractivity contribution in [1.29, 1.82) is 0 Å². The number of nitrogens with one attached hydrogen (secondary N) is 1. The summed E-state index contributed by atoms with van der Waals surface area (Å²) in [4.78, 5) is 20.9. The predicted molar refractivity (Wildman–Crippen MR) is 151 cm³/mol. The largest absolute Gasteiger partial charge is 0.478 e. The number of nitrogens with zero attached hydrogens (tertiary/aromatic N) is 2. The fraction of sp³-hybridized carbons (Fsp3) is 0.0312. The van der Waals surface area contributed by atoms with Gasteiger partial charge in [-0.1, -0.05) is 92.0 Å². The van der Waals surface area contributed by atoms with Crippen LogP contribution in [0.25, 0.3) is 45.6 Å². The van der Waals surface area contributed by atoms with Gasteiger partial charge in [-0.05, 0) is 52.1 Å². The first-order valence-corrected chi connectivity index (χ1v) is 11.9. The quantitative estimate of drug-likeness (QED) is 0.238. The van der Waals surface area contributed by atoms with Crippen LogP contribution >= 0.6 is 0 Å². The molecule has 5 aromatic rings. The fourth-order valence-electron chi connectivity index (χ4n) is 4.10. The SMILES string of the molecule is C=Cc1ccc(-c2ccc3c(NCc4ccc(C(=O)O)cc4)nc(-c4ccc(C=C)cc4)nc3c2)cc1. The van der Waals surface area contributed by atoms with Crippen molar-refractivity contribution in [2.45, 2.75) is 6.54 Å². The van der Waals surface area contributed by atoms with Gasteiger partial charge in [0, 0.05) is 17.5 Å². The summed E-state index contributed by atoms with van der Waals surface area (Å²) in [5, 5.41) is 13.5. The van der Waals surface area contributed by atoms with Crippen LogP contribution in [0.4, 0.5) is 5.82 Å². The number of hydrogen-bond acceptors (Lipinski definition) is 4. The van der Waals surface area contributed by atoms with Crippen LogP contribution < -0.4 is 5.32 Å². The molecule has 0 saturated heterocycles. The second-order valence-electron chi connectivity index (χ2n) is 8.64. The molecular formula is C32H25N3O2. The van der Waals surface area contributed by atoms with Crippen molar-refractivity contribution in [3.8, 4) is 22.5 Å². The highest BCUT2D eigenvalue weighted by molar-refractivity contribution is 5.93. The molecule has 1 heterocycles. The van der Waals surface area contributed by atoms with E-state index in [1.807, 2.05) is 48.5 Å². The first-order valence-electron chi connectivity index (χ1n) is 11.9. The lowest BCUT2D eigenvalue weighted by atomic mass is 10.0. The number of benzene rings is 4. The summed E-state index contributed by atoms with van der Waals surface area (Å²) in [6, 6.07) is 29.2. The summed E-state index contributed by atoms with van der Waals surface area (Å²) in [7, 11) is 0. The van der Waals surface area contributed by atoms with Crippen molar-refractivity contribution in [3.05, 3.63) is 126 Å². The second kappa shape index (κ2) is 10.3. The Morgan fingerprint density at radius 1 is 0.757 bits per heavy atom. The number of fused-ring (bicyclic) bond motifs is 1. The van der Waals surface area contributed by atoms with Crippen molar-refractivity contribution in [1.82, 2.24) is 9.97 Å². The van der Waals surface area contributed by atoms with Gasteiger partial charge < -0.3 is 10.4 Å². The van der Waals surface area contributed by atoms with Crippen LogP contribution in [0.15, 0.2) is 104 Å². The van der Waals surface area contributed by atoms with Crippen LogP contribution in [-0.4, -0.2) is 21.0 Å². The van der Waals surface area contributed by atoms with E-state index in [2.05, 4.69) is 42.7 Å². The topological polar surface area (TPSA) is 75.1 Å². The number of carboxylic acid groups (broad SMARTS) is 1. The van der Waals surface area contributed by atoms with Gasteiger partial charge in [-0.15, -0.1) is 0 Å². The average Bonchev–Trinajstić information content (AvgIpc) is 2.95. The first kappa shape index (κ1) is 23.7. The summed E-state index contributed by atoms with van der Waals surface area (Å²) in [5.41, 5.74) is 7.19. The van der Waals surface area contributed by atoms with E-state index in [9.17, 15) is 4.79 Å². The van der Waals surface area contributed by atoms with Crippen molar-refractivity contribution in [2.24, 2.45) is 0 Å². The Balaban J connectivity index is 1.55. The van der Waals surface area contributed by atoms with Gasteiger partial charge >= 0.3 is 5.97 Å². The van der Waals surface area contributed by atoms with Crippen molar-refractivity contribution >= 4 is 34.8 Å². The van der Waals surface area contributed by atoms with Gasteiger partial charge in [-0.3, -0.25) is 0 Å². The summed E-state index contributed by atoms with van der Waals surface area (Å²) in [6.45, 7) is 8.15. The van der Waals surface area contributed by atoms with E-state index in [1.165, 1.54) is 0 Å². The zero-order valence-corrected chi connectivity index (χ0v) is 20.2. The van der Waals surface area contributed by atoms with Crippen LogP contribution in [0.3, 0.4) is 0 Å². The molecule has 4 aromatic carbocycles. The maximum absolute atomic E-state index is 11.2. The molecule has 37 heavy (non-hydrogen) atoms.